The molecule has 1 aromatic rings. The number of hydrogen-bond donors (Lipinski definition) is 1. The minimum Gasteiger partial charge on any atom is -0.305 e. The van der Waals surface area contributed by atoms with E-state index < -0.39 is 0 Å². The third-order valence-corrected chi connectivity index (χ3v) is 3.21. The molecule has 3 nitrogen and oxygen atoms in total. The van der Waals surface area contributed by atoms with Gasteiger partial charge in [0.1, 0.15) is 0 Å². The Bertz CT molecular complexity index is 480. The first kappa shape index (κ1) is 8.10. The predicted octanol–water partition coefficient (Wildman–Crippen LogP) is -0.169. The van der Waals surface area contributed by atoms with Crippen LogP contribution in [0.3, 0.4) is 0 Å². The number of fused-ring (bicyclic) bond motifs is 1. The van der Waals surface area contributed by atoms with Gasteiger partial charge in [0, 0.05) is 10.6 Å². The Morgan fingerprint density at radius 2 is 2.42 bits per heavy atom. The van der Waals surface area contributed by atoms with Crippen molar-refractivity contribution in [3.8, 4) is 0 Å². The summed E-state index contributed by atoms with van der Waals surface area (Å²) in [6.07, 6.45) is 4.19. The van der Waals surface area contributed by atoms with Crippen molar-refractivity contribution in [3.05, 3.63) is 21.2 Å². The maximum absolute atomic E-state index is 11.2. The molecule has 1 aromatic heterocycles. The van der Waals surface area contributed by atoms with E-state index in [1.165, 1.54) is 3.58 Å². The molecule has 64 valence electrons. The number of H-pyrrole nitrogens is 1. The van der Waals surface area contributed by atoms with Crippen LogP contribution in [0.5, 0.6) is 0 Å². The van der Waals surface area contributed by atoms with E-state index in [-0.39, 0.29) is 5.69 Å². The summed E-state index contributed by atoms with van der Waals surface area (Å²) in [7, 11) is 1.80. The van der Waals surface area contributed by atoms with Crippen molar-refractivity contribution in [3.63, 3.8) is 0 Å². The van der Waals surface area contributed by atoms with Gasteiger partial charge in [0.05, 0.1) is 10.7 Å². The first-order valence-corrected chi connectivity index (χ1v) is 4.92. The Morgan fingerprint density at radius 1 is 1.67 bits per heavy atom. The van der Waals surface area contributed by atoms with E-state index in [9.17, 15) is 4.79 Å². The van der Waals surface area contributed by atoms with Crippen molar-refractivity contribution < 1.29 is 0 Å². The lowest BCUT2D eigenvalue weighted by Crippen LogP contribution is -2.32. The van der Waals surface area contributed by atoms with Crippen molar-refractivity contribution in [2.75, 3.05) is 0 Å². The largest absolute Gasteiger partial charge is 0.326 e. The zero-order valence-corrected chi connectivity index (χ0v) is 8.88. The van der Waals surface area contributed by atoms with Crippen LogP contribution in [0.25, 0.3) is 9.66 Å². The minimum atomic E-state index is -0.0210. The van der Waals surface area contributed by atoms with E-state index >= 15 is 0 Å². The summed E-state index contributed by atoms with van der Waals surface area (Å²) in [5.41, 5.74) is -0.0210. The topological polar surface area (TPSA) is 37.8 Å². The number of nitrogens with one attached hydrogen (secondary N) is 1. The third-order valence-electron chi connectivity index (χ3n) is 2.13. The molecule has 0 aliphatic heterocycles. The number of imidazole rings is 1. The second-order valence-electron chi connectivity index (χ2n) is 2.90. The van der Waals surface area contributed by atoms with Crippen LogP contribution in [0.4, 0.5) is 0 Å². The Hall–Kier alpha value is -0.520. The fourth-order valence-electron chi connectivity index (χ4n) is 1.44. The number of rotatable bonds is 0. The van der Waals surface area contributed by atoms with Crippen molar-refractivity contribution >= 4 is 32.2 Å². The second-order valence-corrected chi connectivity index (χ2v) is 4.20. The lowest BCUT2D eigenvalue weighted by atomic mass is 10.2. The van der Waals surface area contributed by atoms with Gasteiger partial charge >= 0.3 is 5.69 Å². The first-order valence-electron chi connectivity index (χ1n) is 3.84. The first-order chi connectivity index (χ1) is 5.70. The molecule has 0 bridgehead atoms. The van der Waals surface area contributed by atoms with Gasteiger partial charge in [-0.2, -0.15) is 0 Å². The number of nitrogens with zero attached hydrogens (tertiary/aromatic N) is 1. The molecule has 12 heavy (non-hydrogen) atoms. The Kier molecular flexibility index (Phi) is 1.86. The van der Waals surface area contributed by atoms with Crippen LogP contribution in [0.15, 0.2) is 4.79 Å². The Balaban J connectivity index is 3.04. The van der Waals surface area contributed by atoms with Crippen LogP contribution in [0.1, 0.15) is 12.8 Å². The van der Waals surface area contributed by atoms with Crippen molar-refractivity contribution in [2.45, 2.75) is 12.8 Å². The summed E-state index contributed by atoms with van der Waals surface area (Å²) in [6, 6.07) is 0. The zero-order chi connectivity index (χ0) is 8.72. The summed E-state index contributed by atoms with van der Waals surface area (Å²) in [6.45, 7) is 0. The van der Waals surface area contributed by atoms with Gasteiger partial charge < -0.3 is 4.98 Å². The van der Waals surface area contributed by atoms with Gasteiger partial charge in [0.15, 0.2) is 0 Å². The molecule has 1 aliphatic carbocycles. The third kappa shape index (κ3) is 1.05. The quantitative estimate of drug-likeness (QED) is 0.656. The standard InChI is InChI=1S/C8H9IN2O/c1-11-6-4-2-3-5(9)7(6)10-8(11)12/h4H,2-3H2,1H3,(H,10,12). The predicted molar refractivity (Wildman–Crippen MR) is 56.4 cm³/mol. The van der Waals surface area contributed by atoms with Crippen LogP contribution in [0, 0.1) is 0 Å². The summed E-state index contributed by atoms with van der Waals surface area (Å²) < 4.78 is 2.91. The summed E-state index contributed by atoms with van der Waals surface area (Å²) >= 11 is 2.29. The molecule has 0 spiro atoms. The van der Waals surface area contributed by atoms with E-state index in [4.69, 9.17) is 0 Å². The fourth-order valence-corrected chi connectivity index (χ4v) is 2.16. The average molecular weight is 276 g/mol. The number of hydrogen-bond acceptors (Lipinski definition) is 1. The Morgan fingerprint density at radius 3 is 3.08 bits per heavy atom. The Labute approximate surface area is 82.9 Å². The van der Waals surface area contributed by atoms with Crippen molar-refractivity contribution in [1.82, 2.24) is 9.55 Å². The van der Waals surface area contributed by atoms with E-state index in [1.807, 2.05) is 0 Å². The molecule has 0 saturated heterocycles. The van der Waals surface area contributed by atoms with Gasteiger partial charge in [-0.1, -0.05) is 6.08 Å². The lowest BCUT2D eigenvalue weighted by molar-refractivity contribution is 0.830. The molecule has 1 heterocycles. The van der Waals surface area contributed by atoms with E-state index in [0.29, 0.717) is 0 Å². The van der Waals surface area contributed by atoms with Crippen LogP contribution >= 0.6 is 22.6 Å². The van der Waals surface area contributed by atoms with E-state index in [0.717, 1.165) is 23.5 Å². The molecule has 1 aliphatic rings. The van der Waals surface area contributed by atoms with Crippen LogP contribution in [-0.4, -0.2) is 9.55 Å². The zero-order valence-electron chi connectivity index (χ0n) is 6.72. The maximum atomic E-state index is 11.2. The lowest BCUT2D eigenvalue weighted by Gasteiger charge is -1.99. The molecule has 4 heteroatoms. The maximum Gasteiger partial charge on any atom is 0.326 e. The molecule has 0 radical (unpaired) electrons. The molecular weight excluding hydrogens is 267 g/mol. The molecule has 2 rings (SSSR count). The van der Waals surface area contributed by atoms with Gasteiger partial charge in [-0.25, -0.2) is 4.79 Å². The molecule has 0 saturated carbocycles. The smallest absolute Gasteiger partial charge is 0.305 e. The number of halogens is 1. The van der Waals surface area contributed by atoms with Crippen LogP contribution in [-0.2, 0) is 7.05 Å². The molecular formula is C8H9IN2O. The molecule has 0 fully saturated rings. The van der Waals surface area contributed by atoms with Crippen molar-refractivity contribution in [1.29, 1.82) is 0 Å². The summed E-state index contributed by atoms with van der Waals surface area (Å²) in [4.78, 5) is 14.1. The van der Waals surface area contributed by atoms with Gasteiger partial charge in [-0.3, -0.25) is 4.57 Å². The van der Waals surface area contributed by atoms with Crippen LogP contribution in [0.2, 0.25) is 0 Å². The number of aromatic amines is 1. The highest BCUT2D eigenvalue weighted by atomic mass is 127. The highest BCUT2D eigenvalue weighted by Crippen LogP contribution is 2.13. The van der Waals surface area contributed by atoms with Gasteiger partial charge in [-0.05, 0) is 35.4 Å². The van der Waals surface area contributed by atoms with Gasteiger partial charge in [0.25, 0.3) is 0 Å². The molecule has 1 N–H and O–H groups in total. The summed E-state index contributed by atoms with van der Waals surface area (Å²) in [5.74, 6) is 0. The molecule has 0 aromatic carbocycles. The highest BCUT2D eigenvalue weighted by Gasteiger charge is 2.05. The van der Waals surface area contributed by atoms with Crippen molar-refractivity contribution in [2.24, 2.45) is 7.05 Å². The van der Waals surface area contributed by atoms with E-state index in [2.05, 4.69) is 33.7 Å². The summed E-state index contributed by atoms with van der Waals surface area (Å²) in [5, 5.41) is 2.05. The van der Waals surface area contributed by atoms with E-state index in [1.54, 1.807) is 11.6 Å². The van der Waals surface area contributed by atoms with Crippen LogP contribution < -0.4 is 16.4 Å². The van der Waals surface area contributed by atoms with Gasteiger partial charge in [0.2, 0.25) is 0 Å². The highest BCUT2D eigenvalue weighted by molar-refractivity contribution is 14.1. The molecule has 0 atom stereocenters. The van der Waals surface area contributed by atoms with Gasteiger partial charge in [-0.15, -0.1) is 0 Å². The number of aromatic nitrogens is 2. The molecule has 0 amide bonds. The average Bonchev–Trinajstić information content (AvgIpc) is 2.32. The SMILES string of the molecule is Cn1c(=O)[nH]c2c1=CCCC=2I. The monoisotopic (exact) mass is 276 g/mol. The fraction of sp³-hybridized carbons (Fsp3) is 0.375. The second kappa shape index (κ2) is 2.76. The normalized spacial score (nSPS) is 15.7. The minimum absolute atomic E-state index is 0.0210. The molecule has 0 unspecified atom stereocenters.